The number of hydrogen-bond acceptors (Lipinski definition) is 4. The van der Waals surface area contributed by atoms with Gasteiger partial charge in [-0.25, -0.2) is 17.4 Å². The van der Waals surface area contributed by atoms with Crippen LogP contribution in [0.1, 0.15) is 25.1 Å². The highest BCUT2D eigenvalue weighted by molar-refractivity contribution is 7.90. The third kappa shape index (κ3) is 4.06. The van der Waals surface area contributed by atoms with Gasteiger partial charge in [-0.05, 0) is 53.9 Å². The van der Waals surface area contributed by atoms with Gasteiger partial charge in [0.2, 0.25) is 0 Å². The molecule has 0 spiro atoms. The zero-order valence-electron chi connectivity index (χ0n) is 18.7. The van der Waals surface area contributed by atoms with Crippen LogP contribution in [0.25, 0.3) is 16.6 Å². The van der Waals surface area contributed by atoms with Crippen molar-refractivity contribution in [1.29, 1.82) is 0 Å². The van der Waals surface area contributed by atoms with Crippen molar-refractivity contribution in [2.45, 2.75) is 18.7 Å². The van der Waals surface area contributed by atoms with Gasteiger partial charge < -0.3 is 4.90 Å². The normalized spacial score (nSPS) is 12.5. The van der Waals surface area contributed by atoms with Gasteiger partial charge in [0.25, 0.3) is 10.0 Å². The van der Waals surface area contributed by atoms with E-state index < -0.39 is 10.0 Å². The summed E-state index contributed by atoms with van der Waals surface area (Å²) in [4.78, 5) is 6.71. The van der Waals surface area contributed by atoms with Crippen molar-refractivity contribution in [3.8, 4) is 0 Å². The first-order chi connectivity index (χ1) is 15.3. The molecule has 2 aromatic carbocycles. The second kappa shape index (κ2) is 8.63. The minimum atomic E-state index is -3.87. The summed E-state index contributed by atoms with van der Waals surface area (Å²) in [5.41, 5.74) is 3.89. The number of anilines is 1. The van der Waals surface area contributed by atoms with Crippen molar-refractivity contribution >= 4 is 32.3 Å². The van der Waals surface area contributed by atoms with Crippen molar-refractivity contribution in [3.05, 3.63) is 96.3 Å². The molecule has 0 radical (unpaired) electrons. The molecule has 0 saturated heterocycles. The molecule has 5 nitrogen and oxygen atoms in total. The molecule has 0 N–H and O–H groups in total. The van der Waals surface area contributed by atoms with Crippen molar-refractivity contribution in [1.82, 2.24) is 8.96 Å². The van der Waals surface area contributed by atoms with Crippen LogP contribution in [0.15, 0.2) is 90.0 Å². The Morgan fingerprint density at radius 3 is 2.41 bits per heavy atom. The second-order valence-corrected chi connectivity index (χ2v) is 10.1. The van der Waals surface area contributed by atoms with Gasteiger partial charge >= 0.3 is 0 Å². The molecule has 0 amide bonds. The standard InChI is InChI=1S/C26H27N3O2S/c1-19(2)16-24(20-10-8-12-22(17-20)28(3)4)25-18-21-11-9-15-27-26(21)29(25)32(30,31)23-13-6-5-7-14-23/h5-19H,1-4H3/b24-16-. The molecule has 0 bridgehead atoms. The molecule has 2 aromatic heterocycles. The Bertz CT molecular complexity index is 1390. The van der Waals surface area contributed by atoms with Crippen molar-refractivity contribution in [2.75, 3.05) is 19.0 Å². The fourth-order valence-corrected chi connectivity index (χ4v) is 5.26. The fourth-order valence-electron chi connectivity index (χ4n) is 3.75. The third-order valence-electron chi connectivity index (χ3n) is 5.25. The number of rotatable bonds is 6. The van der Waals surface area contributed by atoms with Crippen LogP contribution in [0.5, 0.6) is 0 Å². The third-order valence-corrected chi connectivity index (χ3v) is 6.97. The maximum atomic E-state index is 13.8. The average Bonchev–Trinajstić information content (AvgIpc) is 3.18. The first kappa shape index (κ1) is 21.8. The summed E-state index contributed by atoms with van der Waals surface area (Å²) in [6.07, 6.45) is 3.74. The van der Waals surface area contributed by atoms with Gasteiger partial charge in [0.1, 0.15) is 0 Å². The van der Waals surface area contributed by atoms with E-state index in [1.165, 1.54) is 3.97 Å². The molecule has 0 aliphatic rings. The van der Waals surface area contributed by atoms with Crippen LogP contribution in [0.3, 0.4) is 0 Å². The molecule has 2 heterocycles. The number of allylic oxidation sites excluding steroid dienone is 1. The first-order valence-corrected chi connectivity index (χ1v) is 12.0. The van der Waals surface area contributed by atoms with Gasteiger partial charge in [0.05, 0.1) is 10.6 Å². The lowest BCUT2D eigenvalue weighted by molar-refractivity contribution is 0.588. The van der Waals surface area contributed by atoms with Crippen LogP contribution >= 0.6 is 0 Å². The van der Waals surface area contributed by atoms with E-state index in [2.05, 4.69) is 31.0 Å². The zero-order chi connectivity index (χ0) is 22.9. The lowest BCUT2D eigenvalue weighted by atomic mass is 9.98. The van der Waals surface area contributed by atoms with Crippen LogP contribution in [0.4, 0.5) is 5.69 Å². The molecule has 164 valence electrons. The number of nitrogens with zero attached hydrogens (tertiary/aromatic N) is 3. The SMILES string of the molecule is CC(C)/C=C(/c1cccc(N(C)C)c1)c1cc2cccnc2n1S(=O)(=O)c1ccccc1. The molecule has 4 aromatic rings. The monoisotopic (exact) mass is 445 g/mol. The Labute approximate surface area is 189 Å². The molecule has 6 heteroatoms. The van der Waals surface area contributed by atoms with Crippen molar-refractivity contribution < 1.29 is 8.42 Å². The van der Waals surface area contributed by atoms with Crippen LogP contribution in [0.2, 0.25) is 0 Å². The van der Waals surface area contributed by atoms with E-state index in [1.54, 1.807) is 30.5 Å². The topological polar surface area (TPSA) is 55.2 Å². The summed E-state index contributed by atoms with van der Waals surface area (Å²) >= 11 is 0. The highest BCUT2D eigenvalue weighted by Gasteiger charge is 2.26. The maximum Gasteiger partial charge on any atom is 0.269 e. The summed E-state index contributed by atoms with van der Waals surface area (Å²) in [7, 11) is 0.118. The Kier molecular flexibility index (Phi) is 5.89. The van der Waals surface area contributed by atoms with Crippen molar-refractivity contribution in [3.63, 3.8) is 0 Å². The number of pyridine rings is 1. The summed E-state index contributed by atoms with van der Waals surface area (Å²) in [5, 5.41) is 0.778. The van der Waals surface area contributed by atoms with Gasteiger partial charge in [-0.3, -0.25) is 0 Å². The van der Waals surface area contributed by atoms with Crippen LogP contribution in [-0.4, -0.2) is 31.5 Å². The number of hydrogen-bond donors (Lipinski definition) is 0. The molecule has 32 heavy (non-hydrogen) atoms. The van der Waals surface area contributed by atoms with Crippen LogP contribution < -0.4 is 4.90 Å². The fraction of sp³-hybridized carbons (Fsp3) is 0.192. The summed E-state index contributed by atoms with van der Waals surface area (Å²) in [6, 6.07) is 22.3. The lowest BCUT2D eigenvalue weighted by Crippen LogP contribution is -2.16. The summed E-state index contributed by atoms with van der Waals surface area (Å²) in [6.45, 7) is 4.18. The number of fused-ring (bicyclic) bond motifs is 1. The predicted octanol–water partition coefficient (Wildman–Crippen LogP) is 5.43. The smallest absolute Gasteiger partial charge is 0.269 e. The Morgan fingerprint density at radius 1 is 0.969 bits per heavy atom. The number of aromatic nitrogens is 2. The van der Waals surface area contributed by atoms with Crippen LogP contribution in [0, 0.1) is 5.92 Å². The number of benzene rings is 2. The van der Waals surface area contributed by atoms with Gasteiger partial charge in [0, 0.05) is 36.9 Å². The molecule has 0 aliphatic heterocycles. The molecule has 4 rings (SSSR count). The lowest BCUT2D eigenvalue weighted by Gasteiger charge is -2.18. The predicted molar refractivity (Wildman–Crippen MR) is 131 cm³/mol. The first-order valence-electron chi connectivity index (χ1n) is 10.6. The Hall–Kier alpha value is -3.38. The van der Waals surface area contributed by atoms with Crippen LogP contribution in [-0.2, 0) is 10.0 Å². The minimum absolute atomic E-state index is 0.215. The van der Waals surface area contributed by atoms with Crippen molar-refractivity contribution in [2.24, 2.45) is 5.92 Å². The highest BCUT2D eigenvalue weighted by atomic mass is 32.2. The van der Waals surface area contributed by atoms with Gasteiger partial charge in [-0.2, -0.15) is 0 Å². The molecule has 0 aliphatic carbocycles. The molecule has 0 unspecified atom stereocenters. The maximum absolute atomic E-state index is 13.8. The molecular formula is C26H27N3O2S. The van der Waals surface area contributed by atoms with E-state index in [4.69, 9.17) is 0 Å². The van der Waals surface area contributed by atoms with E-state index in [0.717, 1.165) is 22.2 Å². The minimum Gasteiger partial charge on any atom is -0.378 e. The zero-order valence-corrected chi connectivity index (χ0v) is 19.5. The average molecular weight is 446 g/mol. The van der Waals surface area contributed by atoms with Gasteiger partial charge in [-0.15, -0.1) is 0 Å². The Balaban J connectivity index is 2.05. The summed E-state index contributed by atoms with van der Waals surface area (Å²) in [5.74, 6) is 0.215. The molecule has 0 fully saturated rings. The molecule has 0 atom stereocenters. The van der Waals surface area contributed by atoms with E-state index in [9.17, 15) is 8.42 Å². The van der Waals surface area contributed by atoms with E-state index >= 15 is 0 Å². The van der Waals surface area contributed by atoms with E-state index in [1.807, 2.05) is 61.5 Å². The summed E-state index contributed by atoms with van der Waals surface area (Å²) < 4.78 is 29.0. The molecule has 0 saturated carbocycles. The largest absolute Gasteiger partial charge is 0.378 e. The van der Waals surface area contributed by atoms with Gasteiger partial charge in [-0.1, -0.05) is 50.3 Å². The quantitative estimate of drug-likeness (QED) is 0.397. The molecular weight excluding hydrogens is 418 g/mol. The highest BCUT2D eigenvalue weighted by Crippen LogP contribution is 2.34. The van der Waals surface area contributed by atoms with Gasteiger partial charge in [0.15, 0.2) is 5.65 Å². The Morgan fingerprint density at radius 2 is 1.72 bits per heavy atom. The van der Waals surface area contributed by atoms with E-state index in [0.29, 0.717) is 11.3 Å². The second-order valence-electron chi connectivity index (χ2n) is 8.30. The van der Waals surface area contributed by atoms with E-state index in [-0.39, 0.29) is 10.8 Å².